The number of thiol groups is 1. The normalized spacial score (nSPS) is 11.4. The molecule has 1 amide bonds. The molecular formula is C12H14F3NO3S. The first kappa shape index (κ1) is 16.5. The fraction of sp³-hybridized carbons (Fsp3) is 0.417. The average molecular weight is 309 g/mol. The Balaban J connectivity index is 2.87. The minimum absolute atomic E-state index is 0.0123. The van der Waals surface area contributed by atoms with Crippen molar-refractivity contribution in [3.63, 3.8) is 0 Å². The molecule has 112 valence electrons. The van der Waals surface area contributed by atoms with Crippen LogP contribution >= 0.6 is 12.6 Å². The van der Waals surface area contributed by atoms with Crippen molar-refractivity contribution >= 4 is 24.4 Å². The molecule has 0 bridgehead atoms. The summed E-state index contributed by atoms with van der Waals surface area (Å²) < 4.78 is 46.5. The van der Waals surface area contributed by atoms with Crippen molar-refractivity contribution in [2.45, 2.75) is 37.9 Å². The number of nitrogens with one attached hydrogen (secondary N) is 1. The van der Waals surface area contributed by atoms with Gasteiger partial charge in [0.1, 0.15) is 5.60 Å². The molecule has 0 radical (unpaired) electrons. The zero-order chi connectivity index (χ0) is 15.5. The van der Waals surface area contributed by atoms with E-state index in [-0.39, 0.29) is 10.6 Å². The van der Waals surface area contributed by atoms with Crippen molar-refractivity contribution in [1.29, 1.82) is 0 Å². The highest BCUT2D eigenvalue weighted by Gasteiger charge is 2.19. The van der Waals surface area contributed by atoms with Crippen LogP contribution in [0.25, 0.3) is 0 Å². The van der Waals surface area contributed by atoms with E-state index in [1.165, 1.54) is 0 Å². The van der Waals surface area contributed by atoms with Gasteiger partial charge in [-0.15, -0.1) is 12.6 Å². The van der Waals surface area contributed by atoms with Crippen molar-refractivity contribution in [2.75, 3.05) is 5.32 Å². The molecule has 1 aromatic rings. The van der Waals surface area contributed by atoms with Crippen LogP contribution in [0.3, 0.4) is 0 Å². The van der Waals surface area contributed by atoms with E-state index in [9.17, 15) is 18.0 Å². The summed E-state index contributed by atoms with van der Waals surface area (Å²) in [6.45, 7) is 1.83. The van der Waals surface area contributed by atoms with Gasteiger partial charge in [0.15, 0.2) is 11.6 Å². The van der Waals surface area contributed by atoms with Gasteiger partial charge < -0.3 is 9.47 Å². The average Bonchev–Trinajstić information content (AvgIpc) is 2.21. The molecule has 0 aliphatic rings. The van der Waals surface area contributed by atoms with E-state index in [1.54, 1.807) is 20.8 Å². The van der Waals surface area contributed by atoms with E-state index in [4.69, 9.17) is 4.74 Å². The van der Waals surface area contributed by atoms with Crippen LogP contribution in [0.2, 0.25) is 0 Å². The second kappa shape index (κ2) is 6.25. The highest BCUT2D eigenvalue weighted by molar-refractivity contribution is 7.80. The quantitative estimate of drug-likeness (QED) is 0.828. The standard InChI is InChI=1S/C12H14F3NO3S/c1-12(2,3)19-11(17)16-7-4-6(13)8(5-9(7)20)18-10(14)15/h4-5,10,20H,1-3H3,(H,16,17). The molecule has 0 atom stereocenters. The van der Waals surface area contributed by atoms with Gasteiger partial charge in [0, 0.05) is 11.0 Å². The van der Waals surface area contributed by atoms with Gasteiger partial charge in [0.05, 0.1) is 5.69 Å². The first-order valence-electron chi connectivity index (χ1n) is 5.56. The maximum atomic E-state index is 13.5. The topological polar surface area (TPSA) is 47.6 Å². The summed E-state index contributed by atoms with van der Waals surface area (Å²) in [5.41, 5.74) is -0.736. The number of benzene rings is 1. The Bertz CT molecular complexity index is 503. The number of carbonyl (C=O) groups is 1. The lowest BCUT2D eigenvalue weighted by atomic mass is 10.2. The molecule has 0 aliphatic carbocycles. The van der Waals surface area contributed by atoms with E-state index in [0.29, 0.717) is 0 Å². The van der Waals surface area contributed by atoms with Crippen LogP contribution in [0.1, 0.15) is 20.8 Å². The van der Waals surface area contributed by atoms with Crippen molar-refractivity contribution in [3.8, 4) is 5.75 Å². The van der Waals surface area contributed by atoms with Gasteiger partial charge in [0.2, 0.25) is 0 Å². The van der Waals surface area contributed by atoms with Crippen molar-refractivity contribution in [1.82, 2.24) is 0 Å². The fourth-order valence-electron chi connectivity index (χ4n) is 1.24. The highest BCUT2D eigenvalue weighted by Crippen LogP contribution is 2.30. The molecule has 0 aliphatic heterocycles. The highest BCUT2D eigenvalue weighted by atomic mass is 32.1. The SMILES string of the molecule is CC(C)(C)OC(=O)Nc1cc(F)c(OC(F)F)cc1S. The molecule has 20 heavy (non-hydrogen) atoms. The number of carbonyl (C=O) groups excluding carboxylic acids is 1. The van der Waals surface area contributed by atoms with Gasteiger partial charge in [0.25, 0.3) is 0 Å². The van der Waals surface area contributed by atoms with Crippen LogP contribution in [0, 0.1) is 5.82 Å². The molecule has 0 aromatic heterocycles. The van der Waals surface area contributed by atoms with E-state index in [0.717, 1.165) is 12.1 Å². The zero-order valence-corrected chi connectivity index (χ0v) is 11.9. The Morgan fingerprint density at radius 3 is 2.45 bits per heavy atom. The molecule has 0 saturated heterocycles. The number of halogens is 3. The third-order valence-electron chi connectivity index (χ3n) is 1.90. The van der Waals surface area contributed by atoms with Crippen LogP contribution in [-0.4, -0.2) is 18.3 Å². The van der Waals surface area contributed by atoms with Gasteiger partial charge in [-0.1, -0.05) is 0 Å². The van der Waals surface area contributed by atoms with Crippen molar-refractivity contribution in [3.05, 3.63) is 17.9 Å². The monoisotopic (exact) mass is 309 g/mol. The second-order valence-corrected chi connectivity index (χ2v) is 5.29. The Morgan fingerprint density at radius 2 is 1.95 bits per heavy atom. The summed E-state index contributed by atoms with van der Waals surface area (Å²) in [5, 5.41) is 2.27. The molecule has 0 heterocycles. The van der Waals surface area contributed by atoms with Gasteiger partial charge in [-0.05, 0) is 26.8 Å². The van der Waals surface area contributed by atoms with Crippen molar-refractivity contribution < 1.29 is 27.4 Å². The van der Waals surface area contributed by atoms with E-state index in [1.807, 2.05) is 0 Å². The first-order valence-corrected chi connectivity index (χ1v) is 6.00. The number of ether oxygens (including phenoxy) is 2. The zero-order valence-electron chi connectivity index (χ0n) is 11.0. The predicted octanol–water partition coefficient (Wildman–Crippen LogP) is 4.06. The number of hydrogen-bond acceptors (Lipinski definition) is 4. The number of hydrogen-bond donors (Lipinski definition) is 2. The molecule has 0 spiro atoms. The van der Waals surface area contributed by atoms with Crippen LogP contribution in [-0.2, 0) is 4.74 Å². The molecule has 1 rings (SSSR count). The van der Waals surface area contributed by atoms with Gasteiger partial charge in [-0.2, -0.15) is 8.78 Å². The Kier molecular flexibility index (Phi) is 5.15. The lowest BCUT2D eigenvalue weighted by Gasteiger charge is -2.20. The first-order chi connectivity index (χ1) is 9.08. The minimum Gasteiger partial charge on any atom is -0.444 e. The second-order valence-electron chi connectivity index (χ2n) is 4.81. The lowest BCUT2D eigenvalue weighted by molar-refractivity contribution is -0.0523. The van der Waals surface area contributed by atoms with Gasteiger partial charge in [-0.3, -0.25) is 5.32 Å². The Morgan fingerprint density at radius 1 is 1.35 bits per heavy atom. The van der Waals surface area contributed by atoms with Gasteiger partial charge in [-0.25, -0.2) is 9.18 Å². The third-order valence-corrected chi connectivity index (χ3v) is 2.27. The predicted molar refractivity (Wildman–Crippen MR) is 70.1 cm³/mol. The molecule has 4 nitrogen and oxygen atoms in total. The maximum absolute atomic E-state index is 13.5. The van der Waals surface area contributed by atoms with Crippen LogP contribution in [0.4, 0.5) is 23.7 Å². The van der Waals surface area contributed by atoms with Crippen molar-refractivity contribution in [2.24, 2.45) is 0 Å². The molecule has 1 aromatic carbocycles. The summed E-state index contributed by atoms with van der Waals surface area (Å²) in [7, 11) is 0. The van der Waals surface area contributed by atoms with E-state index in [2.05, 4.69) is 22.7 Å². The number of rotatable bonds is 3. The Labute approximate surface area is 119 Å². The number of anilines is 1. The largest absolute Gasteiger partial charge is 0.444 e. The Hall–Kier alpha value is -1.57. The number of amides is 1. The minimum atomic E-state index is -3.15. The third kappa shape index (κ3) is 5.20. The molecule has 0 fully saturated rings. The van der Waals surface area contributed by atoms with E-state index >= 15 is 0 Å². The fourth-order valence-corrected chi connectivity index (χ4v) is 1.48. The molecular weight excluding hydrogens is 295 g/mol. The van der Waals surface area contributed by atoms with Crippen LogP contribution < -0.4 is 10.1 Å². The lowest BCUT2D eigenvalue weighted by Crippen LogP contribution is -2.27. The van der Waals surface area contributed by atoms with Crippen LogP contribution in [0.5, 0.6) is 5.75 Å². The number of alkyl halides is 2. The summed E-state index contributed by atoms with van der Waals surface area (Å²) in [6.07, 6.45) is -0.810. The smallest absolute Gasteiger partial charge is 0.412 e. The summed E-state index contributed by atoms with van der Waals surface area (Å²) in [5.74, 6) is -1.70. The van der Waals surface area contributed by atoms with Gasteiger partial charge >= 0.3 is 12.7 Å². The maximum Gasteiger partial charge on any atom is 0.412 e. The summed E-state index contributed by atoms with van der Waals surface area (Å²) in [6, 6.07) is 1.77. The summed E-state index contributed by atoms with van der Waals surface area (Å²) >= 11 is 3.96. The van der Waals surface area contributed by atoms with Crippen LogP contribution in [0.15, 0.2) is 17.0 Å². The molecule has 0 unspecified atom stereocenters. The molecule has 1 N–H and O–H groups in total. The summed E-state index contributed by atoms with van der Waals surface area (Å²) in [4.78, 5) is 11.6. The molecule has 8 heteroatoms. The van der Waals surface area contributed by atoms with E-state index < -0.39 is 29.9 Å². The molecule has 0 saturated carbocycles.